The van der Waals surface area contributed by atoms with Crippen molar-refractivity contribution in [2.45, 2.75) is 13.5 Å². The Labute approximate surface area is 118 Å². The normalized spacial score (nSPS) is 11.9. The number of fused-ring (bicyclic) bond motifs is 1. The second kappa shape index (κ2) is 5.88. The number of methoxy groups -OCH3 is 1. The number of pyridine rings is 1. The number of carbonyl (C=O) groups excluding carboxylic acids is 1. The molecule has 5 nitrogen and oxygen atoms in total. The number of Topliss-reactive ketones (excluding diaryl/α,β-unsaturated/α-hetero) is 1. The Morgan fingerprint density at radius 3 is 2.75 bits per heavy atom. The van der Waals surface area contributed by atoms with Gasteiger partial charge in [0, 0.05) is 50.9 Å². The summed E-state index contributed by atoms with van der Waals surface area (Å²) in [7, 11) is 5.44. The van der Waals surface area contributed by atoms with Gasteiger partial charge in [-0.1, -0.05) is 0 Å². The molecule has 5 heteroatoms. The highest BCUT2D eigenvalue weighted by Crippen LogP contribution is 2.17. The van der Waals surface area contributed by atoms with Gasteiger partial charge in [0.1, 0.15) is 5.65 Å². The summed E-state index contributed by atoms with van der Waals surface area (Å²) in [6.07, 6.45) is 5.66. The number of rotatable bonds is 5. The van der Waals surface area contributed by atoms with Crippen molar-refractivity contribution in [3.05, 3.63) is 42.0 Å². The first kappa shape index (κ1) is 14.3. The summed E-state index contributed by atoms with van der Waals surface area (Å²) < 4.78 is 6.99. The highest BCUT2D eigenvalue weighted by atomic mass is 16.5. The van der Waals surface area contributed by atoms with Crippen LogP contribution in [0.4, 0.5) is 0 Å². The molecule has 0 saturated heterocycles. The SMILES string of the molecule is COCc1cn2cc(/C(=C\N(C)C)C(C)=O)ccc2n1. The molecule has 2 heterocycles. The molecule has 0 N–H and O–H groups in total. The highest BCUT2D eigenvalue weighted by molar-refractivity contribution is 6.19. The Morgan fingerprint density at radius 2 is 2.15 bits per heavy atom. The zero-order chi connectivity index (χ0) is 14.7. The van der Waals surface area contributed by atoms with Crippen LogP contribution in [0.25, 0.3) is 11.2 Å². The van der Waals surface area contributed by atoms with E-state index in [2.05, 4.69) is 4.98 Å². The van der Waals surface area contributed by atoms with Crippen LogP contribution in [0.3, 0.4) is 0 Å². The van der Waals surface area contributed by atoms with Crippen LogP contribution in [0, 0.1) is 0 Å². The van der Waals surface area contributed by atoms with Crippen molar-refractivity contribution in [1.29, 1.82) is 0 Å². The van der Waals surface area contributed by atoms with Gasteiger partial charge >= 0.3 is 0 Å². The number of aromatic nitrogens is 2. The lowest BCUT2D eigenvalue weighted by Crippen LogP contribution is -2.07. The quantitative estimate of drug-likeness (QED) is 0.781. The number of hydrogen-bond acceptors (Lipinski definition) is 4. The Balaban J connectivity index is 2.46. The maximum absolute atomic E-state index is 11.8. The zero-order valence-corrected chi connectivity index (χ0v) is 12.3. The van der Waals surface area contributed by atoms with Gasteiger partial charge in [-0.25, -0.2) is 4.98 Å². The molecular formula is C15H19N3O2. The van der Waals surface area contributed by atoms with E-state index in [-0.39, 0.29) is 5.78 Å². The van der Waals surface area contributed by atoms with Crippen LogP contribution in [0.5, 0.6) is 0 Å². The molecule has 0 aliphatic carbocycles. The molecule has 0 saturated carbocycles. The van der Waals surface area contributed by atoms with Gasteiger partial charge in [0.25, 0.3) is 0 Å². The fraction of sp³-hybridized carbons (Fsp3) is 0.333. The van der Waals surface area contributed by atoms with Crippen LogP contribution >= 0.6 is 0 Å². The van der Waals surface area contributed by atoms with E-state index in [0.29, 0.717) is 12.2 Å². The van der Waals surface area contributed by atoms with Crippen molar-refractivity contribution >= 4 is 17.0 Å². The molecule has 0 unspecified atom stereocenters. The summed E-state index contributed by atoms with van der Waals surface area (Å²) in [5.41, 5.74) is 3.26. The summed E-state index contributed by atoms with van der Waals surface area (Å²) in [5.74, 6) is 0.0373. The minimum atomic E-state index is 0.0373. The Hall–Kier alpha value is -2.14. The molecule has 2 aromatic heterocycles. The van der Waals surface area contributed by atoms with E-state index in [9.17, 15) is 4.79 Å². The molecular weight excluding hydrogens is 254 g/mol. The van der Waals surface area contributed by atoms with Gasteiger partial charge in [0.2, 0.25) is 0 Å². The fourth-order valence-corrected chi connectivity index (χ4v) is 2.05. The largest absolute Gasteiger partial charge is 0.383 e. The number of nitrogens with zero attached hydrogens (tertiary/aromatic N) is 3. The minimum Gasteiger partial charge on any atom is -0.383 e. The van der Waals surface area contributed by atoms with Gasteiger partial charge in [0.05, 0.1) is 12.3 Å². The molecule has 0 atom stereocenters. The third-order valence-corrected chi connectivity index (χ3v) is 2.87. The monoisotopic (exact) mass is 273 g/mol. The smallest absolute Gasteiger partial charge is 0.161 e. The van der Waals surface area contributed by atoms with Crippen molar-refractivity contribution in [2.75, 3.05) is 21.2 Å². The molecule has 106 valence electrons. The van der Waals surface area contributed by atoms with E-state index in [4.69, 9.17) is 4.74 Å². The fourth-order valence-electron chi connectivity index (χ4n) is 2.05. The first-order valence-corrected chi connectivity index (χ1v) is 6.37. The molecule has 0 aromatic carbocycles. The van der Waals surface area contributed by atoms with Crippen LogP contribution in [0.15, 0.2) is 30.7 Å². The Kier molecular flexibility index (Phi) is 4.20. The first-order valence-electron chi connectivity index (χ1n) is 6.37. The van der Waals surface area contributed by atoms with Crippen molar-refractivity contribution in [2.24, 2.45) is 0 Å². The van der Waals surface area contributed by atoms with Gasteiger partial charge in [0.15, 0.2) is 5.78 Å². The minimum absolute atomic E-state index is 0.0373. The van der Waals surface area contributed by atoms with E-state index in [1.807, 2.05) is 54.1 Å². The lowest BCUT2D eigenvalue weighted by Gasteiger charge is -2.10. The van der Waals surface area contributed by atoms with E-state index in [1.165, 1.54) is 0 Å². The first-order chi connectivity index (χ1) is 9.51. The van der Waals surface area contributed by atoms with Crippen molar-refractivity contribution in [3.8, 4) is 0 Å². The number of carbonyl (C=O) groups is 1. The summed E-state index contributed by atoms with van der Waals surface area (Å²) in [4.78, 5) is 18.1. The van der Waals surface area contributed by atoms with Crippen LogP contribution in [0.2, 0.25) is 0 Å². The molecule has 0 fully saturated rings. The number of allylic oxidation sites excluding steroid dienone is 1. The molecule has 0 radical (unpaired) electrons. The van der Waals surface area contributed by atoms with E-state index in [0.717, 1.165) is 16.9 Å². The highest BCUT2D eigenvalue weighted by Gasteiger charge is 2.10. The number of hydrogen-bond donors (Lipinski definition) is 0. The molecule has 0 bridgehead atoms. The lowest BCUT2D eigenvalue weighted by atomic mass is 10.1. The topological polar surface area (TPSA) is 46.8 Å². The maximum atomic E-state index is 11.8. The summed E-state index contributed by atoms with van der Waals surface area (Å²) >= 11 is 0. The van der Waals surface area contributed by atoms with Crippen molar-refractivity contribution in [3.63, 3.8) is 0 Å². The third kappa shape index (κ3) is 3.05. The lowest BCUT2D eigenvalue weighted by molar-refractivity contribution is -0.111. The second-order valence-electron chi connectivity index (χ2n) is 4.91. The molecule has 0 spiro atoms. The maximum Gasteiger partial charge on any atom is 0.161 e. The number of ether oxygens (including phenoxy) is 1. The van der Waals surface area contributed by atoms with E-state index >= 15 is 0 Å². The van der Waals surface area contributed by atoms with E-state index < -0.39 is 0 Å². The summed E-state index contributed by atoms with van der Waals surface area (Å²) in [6.45, 7) is 2.05. The summed E-state index contributed by atoms with van der Waals surface area (Å²) in [6, 6.07) is 3.82. The van der Waals surface area contributed by atoms with Crippen LogP contribution in [-0.4, -0.2) is 41.3 Å². The average molecular weight is 273 g/mol. The zero-order valence-electron chi connectivity index (χ0n) is 12.3. The Bertz CT molecular complexity index is 656. The molecule has 0 amide bonds. The van der Waals surface area contributed by atoms with Gasteiger partial charge in [-0.3, -0.25) is 4.79 Å². The van der Waals surface area contributed by atoms with Crippen LogP contribution < -0.4 is 0 Å². The molecule has 0 aliphatic rings. The van der Waals surface area contributed by atoms with Gasteiger partial charge < -0.3 is 14.0 Å². The molecule has 2 aromatic rings. The van der Waals surface area contributed by atoms with Gasteiger partial charge in [-0.15, -0.1) is 0 Å². The van der Waals surface area contributed by atoms with Gasteiger partial charge in [-0.2, -0.15) is 0 Å². The Morgan fingerprint density at radius 1 is 1.40 bits per heavy atom. The molecule has 20 heavy (non-hydrogen) atoms. The van der Waals surface area contributed by atoms with Crippen LogP contribution in [0.1, 0.15) is 18.2 Å². The predicted molar refractivity (Wildman–Crippen MR) is 78.3 cm³/mol. The molecule has 0 aliphatic heterocycles. The summed E-state index contributed by atoms with van der Waals surface area (Å²) in [5, 5.41) is 0. The number of imidazole rings is 1. The second-order valence-corrected chi connectivity index (χ2v) is 4.91. The van der Waals surface area contributed by atoms with Crippen molar-refractivity contribution in [1.82, 2.24) is 14.3 Å². The van der Waals surface area contributed by atoms with E-state index in [1.54, 1.807) is 14.0 Å². The van der Waals surface area contributed by atoms with Crippen molar-refractivity contribution < 1.29 is 9.53 Å². The number of ketones is 1. The van der Waals surface area contributed by atoms with Gasteiger partial charge in [-0.05, 0) is 19.1 Å². The third-order valence-electron chi connectivity index (χ3n) is 2.87. The standard InChI is InChI=1S/C15H19N3O2/c1-11(19)14(9-17(2)3)12-5-6-15-16-13(10-20-4)8-18(15)7-12/h5-9H,10H2,1-4H3/b14-9-. The predicted octanol–water partition coefficient (Wildman–Crippen LogP) is 1.97. The molecule has 2 rings (SSSR count). The average Bonchev–Trinajstić information content (AvgIpc) is 2.77. The van der Waals surface area contributed by atoms with Crippen LogP contribution in [-0.2, 0) is 16.1 Å².